The van der Waals surface area contributed by atoms with Crippen LogP contribution in [0.2, 0.25) is 0 Å². The predicted octanol–water partition coefficient (Wildman–Crippen LogP) is 4.84. The molecule has 6 heteroatoms. The lowest BCUT2D eigenvalue weighted by Gasteiger charge is -2.38. The van der Waals surface area contributed by atoms with Crippen molar-refractivity contribution in [3.63, 3.8) is 0 Å². The highest BCUT2D eigenvalue weighted by Crippen LogP contribution is 2.44. The maximum atomic E-state index is 12.8. The van der Waals surface area contributed by atoms with Crippen LogP contribution in [-0.4, -0.2) is 28.7 Å². The molecule has 1 aliphatic heterocycles. The molecule has 0 spiro atoms. The molecule has 1 aliphatic carbocycles. The molecule has 2 fully saturated rings. The minimum absolute atomic E-state index is 0.0938. The summed E-state index contributed by atoms with van der Waals surface area (Å²) >= 11 is 0. The molecule has 0 radical (unpaired) electrons. The molecule has 30 heavy (non-hydrogen) atoms. The summed E-state index contributed by atoms with van der Waals surface area (Å²) in [5.74, 6) is 0. The Morgan fingerprint density at radius 3 is 2.47 bits per heavy atom. The van der Waals surface area contributed by atoms with E-state index in [0.29, 0.717) is 11.3 Å². The third-order valence-electron chi connectivity index (χ3n) is 6.29. The number of amides is 1. The van der Waals surface area contributed by atoms with Crippen LogP contribution < -0.4 is 11.1 Å². The number of anilines is 2. The van der Waals surface area contributed by atoms with Gasteiger partial charge in [-0.25, -0.2) is 4.79 Å². The minimum atomic E-state index is -0.570. The Morgan fingerprint density at radius 1 is 1.10 bits per heavy atom. The van der Waals surface area contributed by atoms with Gasteiger partial charge in [0.1, 0.15) is 11.7 Å². The summed E-state index contributed by atoms with van der Waals surface area (Å²) in [6.45, 7) is 3.97. The number of ether oxygens (including phenoxy) is 1. The first-order chi connectivity index (χ1) is 14.4. The van der Waals surface area contributed by atoms with Crippen molar-refractivity contribution in [1.29, 1.82) is 5.26 Å². The zero-order valence-electron chi connectivity index (χ0n) is 17.5. The molecule has 4 rings (SSSR count). The Kier molecular flexibility index (Phi) is 5.29. The number of hydrogen-bond donors (Lipinski definition) is 2. The SMILES string of the molecule is CC1(C)OC(=O)N(C2CCC(Nc3cccc(C#N)c3N)CC2)[C@H]1c1ccccc1. The second-order valence-electron chi connectivity index (χ2n) is 8.72. The van der Waals surface area contributed by atoms with Gasteiger partial charge >= 0.3 is 6.09 Å². The quantitative estimate of drug-likeness (QED) is 0.712. The molecule has 1 atom stereocenters. The number of nitrogens with two attached hydrogens (primary N) is 1. The van der Waals surface area contributed by atoms with Gasteiger partial charge in [0.2, 0.25) is 0 Å². The number of nitrogen functional groups attached to an aromatic ring is 1. The zero-order chi connectivity index (χ0) is 21.3. The van der Waals surface area contributed by atoms with E-state index in [2.05, 4.69) is 23.5 Å². The van der Waals surface area contributed by atoms with Crippen LogP contribution in [0.4, 0.5) is 16.2 Å². The van der Waals surface area contributed by atoms with Gasteiger partial charge in [-0.2, -0.15) is 5.26 Å². The topological polar surface area (TPSA) is 91.4 Å². The van der Waals surface area contributed by atoms with Crippen molar-refractivity contribution < 1.29 is 9.53 Å². The molecule has 1 saturated heterocycles. The van der Waals surface area contributed by atoms with E-state index in [1.807, 2.05) is 49.1 Å². The molecule has 6 nitrogen and oxygen atoms in total. The van der Waals surface area contributed by atoms with Crippen LogP contribution in [-0.2, 0) is 4.74 Å². The molecule has 2 aliphatic rings. The summed E-state index contributed by atoms with van der Waals surface area (Å²) in [4.78, 5) is 14.8. The fraction of sp³-hybridized carbons (Fsp3) is 0.417. The third-order valence-corrected chi connectivity index (χ3v) is 6.29. The van der Waals surface area contributed by atoms with Crippen molar-refractivity contribution in [2.75, 3.05) is 11.1 Å². The van der Waals surface area contributed by atoms with E-state index in [1.54, 1.807) is 6.07 Å². The van der Waals surface area contributed by atoms with E-state index in [4.69, 9.17) is 10.5 Å². The van der Waals surface area contributed by atoms with Crippen molar-refractivity contribution in [1.82, 2.24) is 4.90 Å². The molecule has 2 aromatic carbocycles. The second-order valence-corrected chi connectivity index (χ2v) is 8.72. The minimum Gasteiger partial charge on any atom is -0.441 e. The lowest BCUT2D eigenvalue weighted by molar-refractivity contribution is 0.0664. The average Bonchev–Trinajstić information content (AvgIpc) is 2.99. The van der Waals surface area contributed by atoms with E-state index in [-0.39, 0.29) is 24.2 Å². The van der Waals surface area contributed by atoms with Gasteiger partial charge in [-0.15, -0.1) is 0 Å². The Labute approximate surface area is 177 Å². The van der Waals surface area contributed by atoms with E-state index in [0.717, 1.165) is 36.9 Å². The van der Waals surface area contributed by atoms with Gasteiger partial charge in [-0.05, 0) is 57.2 Å². The largest absolute Gasteiger partial charge is 0.441 e. The first-order valence-electron chi connectivity index (χ1n) is 10.5. The molecule has 0 bridgehead atoms. The van der Waals surface area contributed by atoms with Crippen LogP contribution in [0.15, 0.2) is 48.5 Å². The number of nitriles is 1. The molecule has 0 aromatic heterocycles. The highest BCUT2D eigenvalue weighted by molar-refractivity contribution is 5.73. The van der Waals surface area contributed by atoms with Gasteiger partial charge in [0.25, 0.3) is 0 Å². The summed E-state index contributed by atoms with van der Waals surface area (Å²) in [6.07, 6.45) is 3.41. The molecular formula is C24H28N4O2. The number of rotatable bonds is 4. The van der Waals surface area contributed by atoms with Crippen molar-refractivity contribution in [2.24, 2.45) is 0 Å². The zero-order valence-corrected chi connectivity index (χ0v) is 17.5. The summed E-state index contributed by atoms with van der Waals surface area (Å²) in [5.41, 5.74) is 8.44. The van der Waals surface area contributed by atoms with Crippen LogP contribution in [0.3, 0.4) is 0 Å². The smallest absolute Gasteiger partial charge is 0.411 e. The molecule has 0 unspecified atom stereocenters. The van der Waals surface area contributed by atoms with E-state index < -0.39 is 5.60 Å². The summed E-state index contributed by atoms with van der Waals surface area (Å²) < 4.78 is 5.77. The molecule has 1 saturated carbocycles. The Bertz CT molecular complexity index is 959. The van der Waals surface area contributed by atoms with Crippen molar-refractivity contribution in [2.45, 2.75) is 63.3 Å². The van der Waals surface area contributed by atoms with E-state index in [1.165, 1.54) is 0 Å². The third kappa shape index (κ3) is 3.68. The van der Waals surface area contributed by atoms with Gasteiger partial charge in [-0.1, -0.05) is 36.4 Å². The van der Waals surface area contributed by atoms with Crippen LogP contribution in [0, 0.1) is 11.3 Å². The molecule has 3 N–H and O–H groups in total. The molecule has 1 amide bonds. The fourth-order valence-electron chi connectivity index (χ4n) is 4.84. The highest BCUT2D eigenvalue weighted by Gasteiger charge is 2.51. The van der Waals surface area contributed by atoms with Crippen LogP contribution in [0.25, 0.3) is 0 Å². The Morgan fingerprint density at radius 2 is 1.80 bits per heavy atom. The van der Waals surface area contributed by atoms with Gasteiger partial charge < -0.3 is 15.8 Å². The summed E-state index contributed by atoms with van der Waals surface area (Å²) in [6, 6.07) is 18.1. The van der Waals surface area contributed by atoms with Crippen LogP contribution >= 0.6 is 0 Å². The normalized spacial score (nSPS) is 25.4. The number of nitrogens with zero attached hydrogens (tertiary/aromatic N) is 2. The average molecular weight is 405 g/mol. The number of benzene rings is 2. The van der Waals surface area contributed by atoms with E-state index >= 15 is 0 Å². The maximum absolute atomic E-state index is 12.8. The van der Waals surface area contributed by atoms with Gasteiger partial charge in [0.15, 0.2) is 0 Å². The number of para-hydroxylation sites is 1. The van der Waals surface area contributed by atoms with E-state index in [9.17, 15) is 10.1 Å². The summed E-state index contributed by atoms with van der Waals surface area (Å²) in [5, 5.41) is 12.7. The summed E-state index contributed by atoms with van der Waals surface area (Å²) in [7, 11) is 0. The van der Waals surface area contributed by atoms with Gasteiger partial charge in [0.05, 0.1) is 23.0 Å². The molecule has 156 valence electrons. The van der Waals surface area contributed by atoms with Gasteiger partial charge in [0, 0.05) is 12.1 Å². The fourth-order valence-corrected chi connectivity index (χ4v) is 4.84. The maximum Gasteiger partial charge on any atom is 0.411 e. The van der Waals surface area contributed by atoms with Crippen LogP contribution in [0.1, 0.15) is 56.7 Å². The monoisotopic (exact) mass is 404 g/mol. The standard InChI is InChI=1S/C24H28N4O2/c1-24(2)22(16-7-4-3-5-8-16)28(23(29)30-24)19-13-11-18(12-14-19)27-20-10-6-9-17(15-25)21(20)26/h3-10,18-19,22,27H,11-14,26H2,1-2H3/t18?,19?,22-/m0/s1. The number of carbonyl (C=O) groups excluding carboxylic acids is 1. The number of hydrogen-bond acceptors (Lipinski definition) is 5. The first-order valence-corrected chi connectivity index (χ1v) is 10.5. The lowest BCUT2D eigenvalue weighted by atomic mass is 9.86. The second kappa shape index (κ2) is 7.91. The Balaban J connectivity index is 1.47. The molecule has 1 heterocycles. The van der Waals surface area contributed by atoms with Crippen molar-refractivity contribution in [3.05, 3.63) is 59.7 Å². The number of carbonyl (C=O) groups is 1. The lowest BCUT2D eigenvalue weighted by Crippen LogP contribution is -2.44. The van der Waals surface area contributed by atoms with Gasteiger partial charge in [-0.3, -0.25) is 4.90 Å². The predicted molar refractivity (Wildman–Crippen MR) is 117 cm³/mol. The first kappa shape index (κ1) is 20.1. The van der Waals surface area contributed by atoms with Crippen molar-refractivity contribution in [3.8, 4) is 6.07 Å². The van der Waals surface area contributed by atoms with Crippen molar-refractivity contribution >= 4 is 17.5 Å². The molecule has 2 aromatic rings. The number of cyclic esters (lactones) is 1. The molecular weight excluding hydrogens is 376 g/mol. The van der Waals surface area contributed by atoms with Crippen LogP contribution in [0.5, 0.6) is 0 Å². The number of nitrogens with one attached hydrogen (secondary N) is 1. The Hall–Kier alpha value is -3.20. The highest BCUT2D eigenvalue weighted by atomic mass is 16.6.